The Bertz CT molecular complexity index is 956. The molecule has 2 heterocycles. The summed E-state index contributed by atoms with van der Waals surface area (Å²) in [5.74, 6) is 1.63. The van der Waals surface area contributed by atoms with E-state index < -0.39 is 6.10 Å². The first-order valence-electron chi connectivity index (χ1n) is 10.6. The van der Waals surface area contributed by atoms with Crippen LogP contribution in [0.4, 0.5) is 5.82 Å². The van der Waals surface area contributed by atoms with Gasteiger partial charge in [0, 0.05) is 50.0 Å². The lowest BCUT2D eigenvalue weighted by Gasteiger charge is -2.36. The Kier molecular flexibility index (Phi) is 6.92. The first-order valence-corrected chi connectivity index (χ1v) is 10.6. The standard InChI is InChI=1S/C25H27N3O3/c29-22(18-27-14-16-28(17-15-27)24-8-4-5-13-26-24)19-31-23-11-9-21(10-12-23)25(30)20-6-2-1-3-7-20/h1-13,22,29H,14-19H2. The number of aliphatic hydroxyl groups is 1. The van der Waals surface area contributed by atoms with Crippen LogP contribution >= 0.6 is 0 Å². The van der Waals surface area contributed by atoms with Gasteiger partial charge < -0.3 is 14.7 Å². The molecule has 0 spiro atoms. The van der Waals surface area contributed by atoms with Crippen molar-refractivity contribution in [3.05, 3.63) is 90.1 Å². The monoisotopic (exact) mass is 417 g/mol. The van der Waals surface area contributed by atoms with Crippen molar-refractivity contribution in [2.75, 3.05) is 44.2 Å². The highest BCUT2D eigenvalue weighted by Crippen LogP contribution is 2.16. The number of hydrogen-bond donors (Lipinski definition) is 1. The molecule has 3 aromatic rings. The third-order valence-corrected chi connectivity index (χ3v) is 5.41. The molecule has 1 atom stereocenters. The van der Waals surface area contributed by atoms with Crippen molar-refractivity contribution >= 4 is 11.6 Å². The van der Waals surface area contributed by atoms with Gasteiger partial charge in [-0.05, 0) is 36.4 Å². The first-order chi connectivity index (χ1) is 15.2. The zero-order chi connectivity index (χ0) is 21.5. The fraction of sp³-hybridized carbons (Fsp3) is 0.280. The van der Waals surface area contributed by atoms with Gasteiger partial charge in [-0.3, -0.25) is 9.69 Å². The van der Waals surface area contributed by atoms with E-state index in [0.717, 1.165) is 32.0 Å². The predicted octanol–water partition coefficient (Wildman–Crippen LogP) is 2.87. The third kappa shape index (κ3) is 5.69. The number of aliphatic hydroxyl groups excluding tert-OH is 1. The fourth-order valence-corrected chi connectivity index (χ4v) is 3.70. The number of ether oxygens (including phenoxy) is 1. The normalized spacial score (nSPS) is 15.5. The topological polar surface area (TPSA) is 65.9 Å². The minimum Gasteiger partial charge on any atom is -0.491 e. The second-order valence-electron chi connectivity index (χ2n) is 7.66. The van der Waals surface area contributed by atoms with E-state index in [1.165, 1.54) is 0 Å². The second-order valence-corrected chi connectivity index (χ2v) is 7.66. The summed E-state index contributed by atoms with van der Waals surface area (Å²) in [5.41, 5.74) is 1.28. The highest BCUT2D eigenvalue weighted by Gasteiger charge is 2.20. The van der Waals surface area contributed by atoms with E-state index in [-0.39, 0.29) is 12.4 Å². The predicted molar refractivity (Wildman–Crippen MR) is 121 cm³/mol. The Morgan fingerprint density at radius 3 is 2.26 bits per heavy atom. The van der Waals surface area contributed by atoms with Crippen LogP contribution in [0, 0.1) is 0 Å². The Morgan fingerprint density at radius 2 is 1.58 bits per heavy atom. The molecular formula is C25H27N3O3. The molecule has 0 amide bonds. The summed E-state index contributed by atoms with van der Waals surface area (Å²) in [6.45, 7) is 4.32. The number of pyridine rings is 1. The molecule has 6 heteroatoms. The maximum absolute atomic E-state index is 12.5. The van der Waals surface area contributed by atoms with Crippen molar-refractivity contribution in [2.24, 2.45) is 0 Å². The van der Waals surface area contributed by atoms with E-state index in [1.807, 2.05) is 42.6 Å². The Labute approximate surface area is 182 Å². The third-order valence-electron chi connectivity index (χ3n) is 5.41. The summed E-state index contributed by atoms with van der Waals surface area (Å²) in [6, 6.07) is 22.2. The maximum Gasteiger partial charge on any atom is 0.193 e. The van der Waals surface area contributed by atoms with Gasteiger partial charge in [0.25, 0.3) is 0 Å². The molecule has 160 valence electrons. The van der Waals surface area contributed by atoms with E-state index in [4.69, 9.17) is 4.74 Å². The fourth-order valence-electron chi connectivity index (χ4n) is 3.70. The van der Waals surface area contributed by atoms with Gasteiger partial charge in [-0.25, -0.2) is 4.98 Å². The van der Waals surface area contributed by atoms with E-state index in [1.54, 1.807) is 36.4 Å². The first kappa shape index (κ1) is 21.0. The zero-order valence-corrected chi connectivity index (χ0v) is 17.4. The molecule has 1 aliphatic rings. The molecule has 1 aliphatic heterocycles. The lowest BCUT2D eigenvalue weighted by atomic mass is 10.0. The van der Waals surface area contributed by atoms with Crippen molar-refractivity contribution in [3.63, 3.8) is 0 Å². The average Bonchev–Trinajstić information content (AvgIpc) is 2.84. The van der Waals surface area contributed by atoms with Crippen molar-refractivity contribution in [1.29, 1.82) is 0 Å². The number of anilines is 1. The smallest absolute Gasteiger partial charge is 0.193 e. The summed E-state index contributed by atoms with van der Waals surface area (Å²) in [7, 11) is 0. The number of carbonyl (C=O) groups is 1. The van der Waals surface area contributed by atoms with Crippen LogP contribution in [0.25, 0.3) is 0 Å². The van der Waals surface area contributed by atoms with Crippen LogP contribution in [0.15, 0.2) is 79.0 Å². The molecule has 2 aromatic carbocycles. The molecule has 31 heavy (non-hydrogen) atoms. The Hall–Kier alpha value is -3.22. The minimum atomic E-state index is -0.577. The van der Waals surface area contributed by atoms with Gasteiger partial charge in [0.05, 0.1) is 0 Å². The van der Waals surface area contributed by atoms with Crippen molar-refractivity contribution in [1.82, 2.24) is 9.88 Å². The number of benzene rings is 2. The molecule has 1 unspecified atom stereocenters. The summed E-state index contributed by atoms with van der Waals surface area (Å²) >= 11 is 0. The van der Waals surface area contributed by atoms with Gasteiger partial charge in [0.2, 0.25) is 0 Å². The van der Waals surface area contributed by atoms with Gasteiger partial charge in [0.1, 0.15) is 24.3 Å². The molecule has 1 N–H and O–H groups in total. The van der Waals surface area contributed by atoms with E-state index >= 15 is 0 Å². The number of ketones is 1. The number of carbonyl (C=O) groups excluding carboxylic acids is 1. The van der Waals surface area contributed by atoms with E-state index in [0.29, 0.717) is 23.4 Å². The van der Waals surface area contributed by atoms with Crippen LogP contribution in [-0.4, -0.2) is 66.2 Å². The van der Waals surface area contributed by atoms with Crippen molar-refractivity contribution < 1.29 is 14.6 Å². The molecule has 0 saturated carbocycles. The van der Waals surface area contributed by atoms with Crippen molar-refractivity contribution in [2.45, 2.75) is 6.10 Å². The summed E-state index contributed by atoms with van der Waals surface area (Å²) in [4.78, 5) is 21.4. The van der Waals surface area contributed by atoms with Crippen LogP contribution in [0.2, 0.25) is 0 Å². The lowest BCUT2D eigenvalue weighted by molar-refractivity contribution is 0.0662. The number of piperazine rings is 1. The van der Waals surface area contributed by atoms with Gasteiger partial charge >= 0.3 is 0 Å². The number of β-amino-alcohol motifs (C(OH)–C–C–N with tert-alkyl or cyclic N) is 1. The van der Waals surface area contributed by atoms with Crippen LogP contribution in [0.3, 0.4) is 0 Å². The molecule has 0 radical (unpaired) electrons. The summed E-state index contributed by atoms with van der Waals surface area (Å²) in [6.07, 6.45) is 1.24. The van der Waals surface area contributed by atoms with Gasteiger partial charge in [0.15, 0.2) is 5.78 Å². The highest BCUT2D eigenvalue weighted by molar-refractivity contribution is 6.08. The SMILES string of the molecule is O=C(c1ccccc1)c1ccc(OCC(O)CN2CCN(c3ccccn3)CC2)cc1. The van der Waals surface area contributed by atoms with Crippen LogP contribution in [0.5, 0.6) is 5.75 Å². The Balaban J connectivity index is 1.21. The molecule has 0 bridgehead atoms. The molecule has 1 saturated heterocycles. The molecule has 1 aromatic heterocycles. The molecule has 0 aliphatic carbocycles. The maximum atomic E-state index is 12.5. The number of rotatable bonds is 8. The highest BCUT2D eigenvalue weighted by atomic mass is 16.5. The molecule has 1 fully saturated rings. The summed E-state index contributed by atoms with van der Waals surface area (Å²) < 4.78 is 5.73. The average molecular weight is 418 g/mol. The van der Waals surface area contributed by atoms with Gasteiger partial charge in [-0.15, -0.1) is 0 Å². The van der Waals surface area contributed by atoms with Crippen LogP contribution in [-0.2, 0) is 0 Å². The largest absolute Gasteiger partial charge is 0.491 e. The van der Waals surface area contributed by atoms with E-state index in [2.05, 4.69) is 14.8 Å². The molecule has 6 nitrogen and oxygen atoms in total. The van der Waals surface area contributed by atoms with Gasteiger partial charge in [-0.1, -0.05) is 36.4 Å². The number of hydrogen-bond acceptors (Lipinski definition) is 6. The van der Waals surface area contributed by atoms with Crippen LogP contribution < -0.4 is 9.64 Å². The van der Waals surface area contributed by atoms with Crippen LogP contribution in [0.1, 0.15) is 15.9 Å². The summed E-state index contributed by atoms with van der Waals surface area (Å²) in [5, 5.41) is 10.4. The van der Waals surface area contributed by atoms with E-state index in [9.17, 15) is 9.90 Å². The lowest BCUT2D eigenvalue weighted by Crippen LogP contribution is -2.49. The Morgan fingerprint density at radius 1 is 0.903 bits per heavy atom. The zero-order valence-electron chi connectivity index (χ0n) is 17.4. The van der Waals surface area contributed by atoms with Gasteiger partial charge in [-0.2, -0.15) is 0 Å². The second kappa shape index (κ2) is 10.2. The molecule has 4 rings (SSSR count). The van der Waals surface area contributed by atoms with Crippen molar-refractivity contribution in [3.8, 4) is 5.75 Å². The number of nitrogens with zero attached hydrogens (tertiary/aromatic N) is 3. The minimum absolute atomic E-state index is 0.0166. The quantitative estimate of drug-likeness (QED) is 0.569. The molecular weight excluding hydrogens is 390 g/mol. The number of aromatic nitrogens is 1.